The molecule has 2 aliphatic rings. The lowest BCUT2D eigenvalue weighted by Gasteiger charge is -2.29. The highest BCUT2D eigenvalue weighted by atomic mass is 16.4. The van der Waals surface area contributed by atoms with Crippen LogP contribution in [0.25, 0.3) is 12.2 Å². The summed E-state index contributed by atoms with van der Waals surface area (Å²) in [6.07, 6.45) is 10.5. The van der Waals surface area contributed by atoms with Gasteiger partial charge < -0.3 is 10.2 Å². The number of likely N-dealkylation sites (tertiary alicyclic amines) is 1. The molecule has 4 atom stereocenters. The predicted molar refractivity (Wildman–Crippen MR) is 147 cm³/mol. The van der Waals surface area contributed by atoms with Gasteiger partial charge in [0.2, 0.25) is 11.8 Å². The van der Waals surface area contributed by atoms with Gasteiger partial charge in [-0.15, -0.1) is 0 Å². The van der Waals surface area contributed by atoms with Gasteiger partial charge in [0.25, 0.3) is 0 Å². The Bertz CT molecular complexity index is 1270. The third-order valence-electron chi connectivity index (χ3n) is 7.53. The fourth-order valence-corrected chi connectivity index (χ4v) is 5.58. The quantitative estimate of drug-likeness (QED) is 0.159. The number of aliphatic carboxylic acids is 2. The summed E-state index contributed by atoms with van der Waals surface area (Å²) in [6.45, 7) is 2.23. The molecule has 204 valence electrons. The maximum atomic E-state index is 13.6. The first-order valence-electron chi connectivity index (χ1n) is 13.3. The van der Waals surface area contributed by atoms with Gasteiger partial charge in [-0.25, -0.2) is 0 Å². The highest BCUT2D eigenvalue weighted by molar-refractivity contribution is 6.10. The number of carboxylic acids is 2. The Morgan fingerprint density at radius 1 is 0.923 bits per heavy atom. The van der Waals surface area contributed by atoms with Crippen molar-refractivity contribution in [2.45, 2.75) is 50.6 Å². The van der Waals surface area contributed by atoms with Gasteiger partial charge in [-0.2, -0.15) is 0 Å². The van der Waals surface area contributed by atoms with Gasteiger partial charge in [0, 0.05) is 12.6 Å². The summed E-state index contributed by atoms with van der Waals surface area (Å²) in [7, 11) is 0. The standard InChI is InChI=1S/C31H34N2O6/c1-2-3-4-5-6-10-19-33-28(36)25-26(29(33)37)31(30(38)39,20-24(34)35)32-27(25)23-17-15-22(16-18-23)14-13-21-11-8-7-9-12-21/h5-9,11-18,25-27,32H,2-4,10,19-20H2,1H3,(H,34,35)(H,38,39)/b6-5+,14-13+. The van der Waals surface area contributed by atoms with Gasteiger partial charge in [0.05, 0.1) is 18.3 Å². The van der Waals surface area contributed by atoms with Crippen molar-refractivity contribution in [1.82, 2.24) is 10.2 Å². The second-order valence-electron chi connectivity index (χ2n) is 10.1. The average molecular weight is 531 g/mol. The lowest BCUT2D eigenvalue weighted by atomic mass is 9.77. The molecule has 2 saturated heterocycles. The molecule has 2 aromatic rings. The Balaban J connectivity index is 1.61. The molecule has 4 rings (SSSR count). The number of allylic oxidation sites excluding steroid dienone is 1. The maximum absolute atomic E-state index is 13.6. The fraction of sp³-hybridized carbons (Fsp3) is 0.355. The molecule has 8 heteroatoms. The number of carbonyl (C=O) groups is 4. The van der Waals surface area contributed by atoms with Crippen LogP contribution in [0.4, 0.5) is 0 Å². The lowest BCUT2D eigenvalue weighted by Crippen LogP contribution is -2.57. The van der Waals surface area contributed by atoms with Gasteiger partial charge >= 0.3 is 11.9 Å². The zero-order valence-electron chi connectivity index (χ0n) is 22.0. The zero-order valence-corrected chi connectivity index (χ0v) is 22.0. The van der Waals surface area contributed by atoms with E-state index in [0.29, 0.717) is 12.0 Å². The second kappa shape index (κ2) is 12.2. The van der Waals surface area contributed by atoms with Crippen molar-refractivity contribution in [1.29, 1.82) is 0 Å². The first-order chi connectivity index (χ1) is 18.8. The molecule has 0 aliphatic carbocycles. The number of carboxylic acid groups (broad SMARTS) is 2. The summed E-state index contributed by atoms with van der Waals surface area (Å²) in [5, 5.41) is 22.7. The van der Waals surface area contributed by atoms with Gasteiger partial charge in [-0.3, -0.25) is 29.4 Å². The third-order valence-corrected chi connectivity index (χ3v) is 7.53. The van der Waals surface area contributed by atoms with E-state index in [1.54, 1.807) is 12.1 Å². The van der Waals surface area contributed by atoms with Crippen LogP contribution in [0, 0.1) is 11.8 Å². The van der Waals surface area contributed by atoms with E-state index >= 15 is 0 Å². The zero-order chi connectivity index (χ0) is 28.0. The number of hydrogen-bond acceptors (Lipinski definition) is 5. The lowest BCUT2D eigenvalue weighted by molar-refractivity contribution is -0.156. The minimum atomic E-state index is -2.09. The van der Waals surface area contributed by atoms with Crippen LogP contribution in [0.3, 0.4) is 0 Å². The second-order valence-corrected chi connectivity index (χ2v) is 10.1. The molecular formula is C31H34N2O6. The van der Waals surface area contributed by atoms with Crippen LogP contribution < -0.4 is 5.32 Å². The van der Waals surface area contributed by atoms with Crippen molar-refractivity contribution in [2.24, 2.45) is 11.8 Å². The van der Waals surface area contributed by atoms with Gasteiger partial charge in [-0.05, 0) is 29.5 Å². The minimum absolute atomic E-state index is 0.131. The van der Waals surface area contributed by atoms with Crippen LogP contribution >= 0.6 is 0 Å². The molecule has 0 spiro atoms. The molecule has 2 fully saturated rings. The minimum Gasteiger partial charge on any atom is -0.481 e. The molecule has 2 heterocycles. The van der Waals surface area contributed by atoms with E-state index in [1.807, 2.05) is 66.8 Å². The molecule has 2 aromatic carbocycles. The number of amides is 2. The monoisotopic (exact) mass is 530 g/mol. The number of carbonyl (C=O) groups excluding carboxylic acids is 2. The SMILES string of the molecule is CCCC/C=C/CCN1C(=O)C2C(c3ccc(/C=C/c4ccccc4)cc3)NC(CC(=O)O)(C(=O)O)C2C1=O. The summed E-state index contributed by atoms with van der Waals surface area (Å²) in [6, 6.07) is 16.3. The van der Waals surface area contributed by atoms with Crippen molar-refractivity contribution in [3.63, 3.8) is 0 Å². The molecule has 3 N–H and O–H groups in total. The Morgan fingerprint density at radius 3 is 2.18 bits per heavy atom. The van der Waals surface area contributed by atoms with Gasteiger partial charge in [-0.1, -0.05) is 98.7 Å². The first-order valence-corrected chi connectivity index (χ1v) is 13.3. The normalized spacial score (nSPS) is 24.6. The number of unbranched alkanes of at least 4 members (excludes halogenated alkanes) is 2. The number of nitrogens with one attached hydrogen (secondary N) is 1. The number of imide groups is 1. The van der Waals surface area contributed by atoms with Gasteiger partial charge in [0.15, 0.2) is 0 Å². The van der Waals surface area contributed by atoms with Crippen molar-refractivity contribution < 1.29 is 29.4 Å². The van der Waals surface area contributed by atoms with Crippen LogP contribution in [0.2, 0.25) is 0 Å². The summed E-state index contributed by atoms with van der Waals surface area (Å²) in [5.74, 6) is -6.23. The van der Waals surface area contributed by atoms with E-state index in [9.17, 15) is 29.4 Å². The number of nitrogens with zero attached hydrogens (tertiary/aromatic N) is 1. The molecule has 0 radical (unpaired) electrons. The van der Waals surface area contributed by atoms with Crippen molar-refractivity contribution in [2.75, 3.05) is 6.54 Å². The Hall–Kier alpha value is -4.04. The summed E-state index contributed by atoms with van der Waals surface area (Å²) in [5.41, 5.74) is 0.471. The first kappa shape index (κ1) is 28.0. The molecule has 0 bridgehead atoms. The Morgan fingerprint density at radius 2 is 1.56 bits per heavy atom. The van der Waals surface area contributed by atoms with Crippen LogP contribution in [0.1, 0.15) is 61.8 Å². The number of rotatable bonds is 12. The molecule has 2 aliphatic heterocycles. The van der Waals surface area contributed by atoms with E-state index in [0.717, 1.165) is 35.3 Å². The van der Waals surface area contributed by atoms with Crippen LogP contribution in [-0.2, 0) is 19.2 Å². The molecule has 0 aromatic heterocycles. The largest absolute Gasteiger partial charge is 0.481 e. The molecule has 8 nitrogen and oxygen atoms in total. The highest BCUT2D eigenvalue weighted by Gasteiger charge is 2.68. The van der Waals surface area contributed by atoms with Crippen molar-refractivity contribution >= 4 is 35.9 Å². The van der Waals surface area contributed by atoms with Crippen molar-refractivity contribution in [3.8, 4) is 0 Å². The molecule has 2 amide bonds. The van der Waals surface area contributed by atoms with Crippen molar-refractivity contribution in [3.05, 3.63) is 83.4 Å². The average Bonchev–Trinajstić information content (AvgIpc) is 3.39. The van der Waals surface area contributed by atoms with Crippen LogP contribution in [0.15, 0.2) is 66.7 Å². The summed E-state index contributed by atoms with van der Waals surface area (Å²) < 4.78 is 0. The topological polar surface area (TPSA) is 124 Å². The smallest absolute Gasteiger partial charge is 0.325 e. The van der Waals surface area contributed by atoms with E-state index in [1.165, 1.54) is 0 Å². The Kier molecular flexibility index (Phi) is 8.76. The number of benzene rings is 2. The van der Waals surface area contributed by atoms with Gasteiger partial charge in [0.1, 0.15) is 5.54 Å². The molecular weight excluding hydrogens is 496 g/mol. The summed E-state index contributed by atoms with van der Waals surface area (Å²) in [4.78, 5) is 52.5. The molecule has 0 saturated carbocycles. The van der Waals surface area contributed by atoms with E-state index < -0.39 is 53.6 Å². The van der Waals surface area contributed by atoms with E-state index in [4.69, 9.17) is 0 Å². The van der Waals surface area contributed by atoms with E-state index in [-0.39, 0.29) is 6.54 Å². The molecule has 39 heavy (non-hydrogen) atoms. The molecule has 4 unspecified atom stereocenters. The fourth-order valence-electron chi connectivity index (χ4n) is 5.58. The van der Waals surface area contributed by atoms with Crippen LogP contribution in [0.5, 0.6) is 0 Å². The number of hydrogen-bond donors (Lipinski definition) is 3. The summed E-state index contributed by atoms with van der Waals surface area (Å²) >= 11 is 0. The Labute approximate surface area is 228 Å². The predicted octanol–water partition coefficient (Wildman–Crippen LogP) is 4.54. The number of fused-ring (bicyclic) bond motifs is 1. The highest BCUT2D eigenvalue weighted by Crippen LogP contribution is 2.50. The third kappa shape index (κ3) is 5.86. The van der Waals surface area contributed by atoms with E-state index in [2.05, 4.69) is 12.2 Å². The van der Waals surface area contributed by atoms with Crippen LogP contribution in [-0.4, -0.2) is 50.9 Å². The maximum Gasteiger partial charge on any atom is 0.325 e.